The molecule has 0 fully saturated rings. The van der Waals surface area contributed by atoms with Crippen LogP contribution >= 0.6 is 0 Å². The summed E-state index contributed by atoms with van der Waals surface area (Å²) < 4.78 is 25.0. The van der Waals surface area contributed by atoms with Gasteiger partial charge in [-0.1, -0.05) is 41.6 Å². The van der Waals surface area contributed by atoms with Crippen LogP contribution < -0.4 is 9.47 Å². The third kappa shape index (κ3) is 4.08. The lowest BCUT2D eigenvalue weighted by atomic mass is 10.1. The first-order chi connectivity index (χ1) is 13.2. The fourth-order valence-electron chi connectivity index (χ4n) is 2.74. The van der Waals surface area contributed by atoms with Gasteiger partial charge < -0.3 is 14.3 Å². The summed E-state index contributed by atoms with van der Waals surface area (Å²) in [5, 5.41) is 3.97. The molecule has 1 heterocycles. The maximum absolute atomic E-state index is 13.6. The molecule has 5 heteroatoms. The first-order valence-corrected chi connectivity index (χ1v) is 8.67. The second kappa shape index (κ2) is 7.50. The first kappa shape index (κ1) is 17.1. The van der Waals surface area contributed by atoms with E-state index in [4.69, 9.17) is 14.3 Å². The first-order valence-electron chi connectivity index (χ1n) is 8.67. The highest BCUT2D eigenvalue weighted by atomic mass is 19.1. The van der Waals surface area contributed by atoms with Gasteiger partial charge in [-0.3, -0.25) is 0 Å². The second-order valence-electron chi connectivity index (χ2n) is 6.28. The summed E-state index contributed by atoms with van der Waals surface area (Å²) in [5.41, 5.74) is 1.54. The van der Waals surface area contributed by atoms with Crippen LogP contribution in [-0.4, -0.2) is 5.90 Å². The normalized spacial score (nSPS) is 15.8. The zero-order valence-corrected chi connectivity index (χ0v) is 14.8. The molecule has 0 N–H and O–H groups in total. The Morgan fingerprint density at radius 3 is 2.33 bits per heavy atom. The Hall–Kier alpha value is -3.34. The van der Waals surface area contributed by atoms with Gasteiger partial charge in [0.25, 0.3) is 0 Å². The van der Waals surface area contributed by atoms with Crippen molar-refractivity contribution < 1.29 is 18.7 Å². The summed E-state index contributed by atoms with van der Waals surface area (Å²) in [4.78, 5) is 5.46. The predicted octanol–water partition coefficient (Wildman–Crippen LogP) is 5.78. The molecule has 0 spiro atoms. The quantitative estimate of drug-likeness (QED) is 0.590. The number of nitrogens with zero attached hydrogens (tertiary/aromatic N) is 1. The number of hydrogen-bond donors (Lipinski definition) is 0. The molecule has 0 saturated carbocycles. The van der Waals surface area contributed by atoms with Crippen LogP contribution in [0.2, 0.25) is 0 Å². The number of hydrogen-bond acceptors (Lipinski definition) is 4. The monoisotopic (exact) mass is 363 g/mol. The molecule has 27 heavy (non-hydrogen) atoms. The molecule has 1 atom stereocenters. The molecular weight excluding hydrogens is 345 g/mol. The highest BCUT2D eigenvalue weighted by Gasteiger charge is 2.24. The van der Waals surface area contributed by atoms with Crippen LogP contribution in [-0.2, 0) is 4.84 Å². The topological polar surface area (TPSA) is 40.0 Å². The van der Waals surface area contributed by atoms with Crippen molar-refractivity contribution in [3.05, 3.63) is 89.7 Å². The second-order valence-corrected chi connectivity index (χ2v) is 6.28. The van der Waals surface area contributed by atoms with Crippen LogP contribution in [0.3, 0.4) is 0 Å². The lowest BCUT2D eigenvalue weighted by molar-refractivity contribution is 0.0855. The molecule has 3 aromatic carbocycles. The standard InChI is InChI=1S/C22H18FNO3/c1-15-7-10-19(13-20(15)23)26-22-14-21(27-24-22)16-8-11-18(12-9-16)25-17-5-3-2-4-6-17/h2-13,21H,14H2,1H3/t21-/m1/s1. The lowest BCUT2D eigenvalue weighted by Crippen LogP contribution is -2.07. The van der Waals surface area contributed by atoms with E-state index in [1.165, 1.54) is 6.07 Å². The lowest BCUT2D eigenvalue weighted by Gasteiger charge is -2.10. The van der Waals surface area contributed by atoms with Crippen LogP contribution in [0.15, 0.2) is 78.0 Å². The molecular formula is C22H18FNO3. The van der Waals surface area contributed by atoms with Crippen LogP contribution in [0.1, 0.15) is 23.7 Å². The van der Waals surface area contributed by atoms with Crippen molar-refractivity contribution in [3.8, 4) is 17.2 Å². The van der Waals surface area contributed by atoms with Crippen molar-refractivity contribution in [2.24, 2.45) is 5.16 Å². The van der Waals surface area contributed by atoms with Crippen molar-refractivity contribution in [1.82, 2.24) is 0 Å². The van der Waals surface area contributed by atoms with Crippen molar-refractivity contribution in [2.45, 2.75) is 19.4 Å². The fraction of sp³-hybridized carbons (Fsp3) is 0.136. The minimum atomic E-state index is -0.308. The van der Waals surface area contributed by atoms with Crippen molar-refractivity contribution in [3.63, 3.8) is 0 Å². The minimum absolute atomic E-state index is 0.235. The van der Waals surface area contributed by atoms with E-state index in [1.807, 2.05) is 54.6 Å². The molecule has 0 unspecified atom stereocenters. The number of oxime groups is 1. The summed E-state index contributed by atoms with van der Waals surface area (Å²) in [6.45, 7) is 1.70. The molecule has 0 radical (unpaired) electrons. The van der Waals surface area contributed by atoms with Gasteiger partial charge in [-0.15, -0.1) is 0 Å². The predicted molar refractivity (Wildman–Crippen MR) is 101 cm³/mol. The Morgan fingerprint density at radius 1 is 0.889 bits per heavy atom. The Bertz CT molecular complexity index is 955. The van der Waals surface area contributed by atoms with E-state index in [2.05, 4.69) is 5.16 Å². The third-order valence-corrected chi connectivity index (χ3v) is 4.25. The van der Waals surface area contributed by atoms with Gasteiger partial charge in [0, 0.05) is 6.07 Å². The molecule has 0 aromatic heterocycles. The van der Waals surface area contributed by atoms with Crippen molar-refractivity contribution >= 4 is 5.90 Å². The summed E-state index contributed by atoms with van der Waals surface area (Å²) in [6, 6.07) is 22.0. The van der Waals surface area contributed by atoms with E-state index in [0.717, 1.165) is 17.1 Å². The highest BCUT2D eigenvalue weighted by molar-refractivity contribution is 5.79. The summed E-state index contributed by atoms with van der Waals surface area (Å²) in [7, 11) is 0. The van der Waals surface area contributed by atoms with E-state index in [-0.39, 0.29) is 11.9 Å². The number of aryl methyl sites for hydroxylation is 1. The Kier molecular flexibility index (Phi) is 4.75. The molecule has 4 rings (SSSR count). The third-order valence-electron chi connectivity index (χ3n) is 4.25. The van der Waals surface area contributed by atoms with Gasteiger partial charge in [-0.25, -0.2) is 4.39 Å². The van der Waals surface area contributed by atoms with E-state index in [9.17, 15) is 4.39 Å². The smallest absolute Gasteiger partial charge is 0.235 e. The maximum Gasteiger partial charge on any atom is 0.235 e. The molecule has 1 aliphatic rings. The number of benzene rings is 3. The van der Waals surface area contributed by atoms with Crippen LogP contribution in [0.5, 0.6) is 17.2 Å². The number of para-hydroxylation sites is 1. The van der Waals surface area contributed by atoms with Gasteiger partial charge in [0.05, 0.1) is 6.42 Å². The summed E-state index contributed by atoms with van der Waals surface area (Å²) in [6.07, 6.45) is 0.245. The van der Waals surface area contributed by atoms with Gasteiger partial charge in [0.1, 0.15) is 23.1 Å². The Morgan fingerprint density at radius 2 is 1.59 bits per heavy atom. The number of rotatable bonds is 4. The zero-order chi connectivity index (χ0) is 18.6. The molecule has 0 saturated heterocycles. The number of ether oxygens (including phenoxy) is 2. The van der Waals surface area contributed by atoms with Gasteiger partial charge in [-0.05, 0) is 48.4 Å². The molecule has 3 aromatic rings. The van der Waals surface area contributed by atoms with Crippen LogP contribution in [0.25, 0.3) is 0 Å². The van der Waals surface area contributed by atoms with E-state index in [0.29, 0.717) is 23.6 Å². The summed E-state index contributed by atoms with van der Waals surface area (Å²) >= 11 is 0. The zero-order valence-electron chi connectivity index (χ0n) is 14.8. The molecule has 4 nitrogen and oxygen atoms in total. The Balaban J connectivity index is 1.37. The summed E-state index contributed by atoms with van der Waals surface area (Å²) in [5.74, 6) is 2.06. The SMILES string of the molecule is Cc1ccc(OC2=NO[C@@H](c3ccc(Oc4ccccc4)cc3)C2)cc1F. The van der Waals surface area contributed by atoms with Crippen molar-refractivity contribution in [1.29, 1.82) is 0 Å². The maximum atomic E-state index is 13.6. The van der Waals surface area contributed by atoms with Gasteiger partial charge in [0.2, 0.25) is 5.90 Å². The van der Waals surface area contributed by atoms with Crippen LogP contribution in [0.4, 0.5) is 4.39 Å². The van der Waals surface area contributed by atoms with Crippen LogP contribution in [0, 0.1) is 12.7 Å². The van der Waals surface area contributed by atoms with Gasteiger partial charge >= 0.3 is 0 Å². The average molecular weight is 363 g/mol. The van der Waals surface area contributed by atoms with Gasteiger partial charge in [-0.2, -0.15) is 0 Å². The van der Waals surface area contributed by atoms with E-state index in [1.54, 1.807) is 19.1 Å². The molecule has 0 bridgehead atoms. The van der Waals surface area contributed by atoms with Crippen molar-refractivity contribution in [2.75, 3.05) is 0 Å². The largest absolute Gasteiger partial charge is 0.457 e. The number of halogens is 1. The van der Waals surface area contributed by atoms with E-state index < -0.39 is 0 Å². The van der Waals surface area contributed by atoms with Gasteiger partial charge in [0.15, 0.2) is 6.10 Å². The fourth-order valence-corrected chi connectivity index (χ4v) is 2.74. The molecule has 1 aliphatic heterocycles. The Labute approximate surface area is 156 Å². The molecule has 0 amide bonds. The average Bonchev–Trinajstić information content (AvgIpc) is 3.15. The molecule has 0 aliphatic carbocycles. The minimum Gasteiger partial charge on any atom is -0.457 e. The highest BCUT2D eigenvalue weighted by Crippen LogP contribution is 2.30. The molecule has 136 valence electrons. The van der Waals surface area contributed by atoms with E-state index >= 15 is 0 Å².